The van der Waals surface area contributed by atoms with E-state index in [1.165, 1.54) is 0 Å². The molecule has 3 rings (SSSR count). The summed E-state index contributed by atoms with van der Waals surface area (Å²) in [5.41, 5.74) is 0. The Kier molecular flexibility index (Phi) is 3.06. The SMILES string of the molecule is O=S1(=O)CC[C@@H](CN2C(=S)N[C@@H]3CS(=O)(=O)C[C@@H]32)C1. The highest BCUT2D eigenvalue weighted by Gasteiger charge is 2.47. The Morgan fingerprint density at radius 1 is 1.16 bits per heavy atom. The maximum atomic E-state index is 11.6. The highest BCUT2D eigenvalue weighted by molar-refractivity contribution is 7.92. The minimum atomic E-state index is -3.00. The second kappa shape index (κ2) is 4.29. The van der Waals surface area contributed by atoms with Crippen molar-refractivity contribution in [1.82, 2.24) is 10.2 Å². The second-order valence-electron chi connectivity index (χ2n) is 5.62. The number of rotatable bonds is 2. The molecular weight excluding hydrogens is 308 g/mol. The molecule has 0 unspecified atom stereocenters. The minimum Gasteiger partial charge on any atom is -0.357 e. The van der Waals surface area contributed by atoms with Crippen LogP contribution >= 0.6 is 12.2 Å². The van der Waals surface area contributed by atoms with Gasteiger partial charge in [0.05, 0.1) is 35.1 Å². The van der Waals surface area contributed by atoms with Gasteiger partial charge in [0.2, 0.25) is 0 Å². The molecule has 3 saturated heterocycles. The van der Waals surface area contributed by atoms with Crippen LogP contribution in [0.15, 0.2) is 0 Å². The van der Waals surface area contributed by atoms with Gasteiger partial charge in [-0.2, -0.15) is 0 Å². The van der Waals surface area contributed by atoms with Gasteiger partial charge in [0.1, 0.15) is 0 Å². The van der Waals surface area contributed by atoms with Gasteiger partial charge in [0.15, 0.2) is 24.8 Å². The summed E-state index contributed by atoms with van der Waals surface area (Å²) < 4.78 is 46.2. The number of sulfone groups is 2. The Bertz CT molecular complexity index is 613. The van der Waals surface area contributed by atoms with E-state index in [0.29, 0.717) is 18.1 Å². The van der Waals surface area contributed by atoms with Gasteiger partial charge < -0.3 is 10.2 Å². The Morgan fingerprint density at radius 3 is 2.53 bits per heavy atom. The number of hydrogen-bond donors (Lipinski definition) is 1. The Morgan fingerprint density at radius 2 is 1.89 bits per heavy atom. The zero-order valence-electron chi connectivity index (χ0n) is 10.3. The largest absolute Gasteiger partial charge is 0.357 e. The van der Waals surface area contributed by atoms with Gasteiger partial charge >= 0.3 is 0 Å². The highest BCUT2D eigenvalue weighted by atomic mass is 32.2. The quantitative estimate of drug-likeness (QED) is 0.637. The molecular formula is C10H16N2O4S3. The van der Waals surface area contributed by atoms with Crippen LogP contribution in [0.25, 0.3) is 0 Å². The lowest BCUT2D eigenvalue weighted by Gasteiger charge is -2.25. The summed E-state index contributed by atoms with van der Waals surface area (Å²) in [6.07, 6.45) is 0.644. The van der Waals surface area contributed by atoms with Gasteiger partial charge in [-0.25, -0.2) is 16.8 Å². The molecule has 0 aromatic carbocycles. The zero-order valence-corrected chi connectivity index (χ0v) is 12.7. The fraction of sp³-hybridized carbons (Fsp3) is 0.900. The van der Waals surface area contributed by atoms with Crippen LogP contribution in [0.4, 0.5) is 0 Å². The molecule has 9 heteroatoms. The highest BCUT2D eigenvalue weighted by Crippen LogP contribution is 2.27. The first kappa shape index (κ1) is 13.6. The molecule has 3 heterocycles. The van der Waals surface area contributed by atoms with Crippen LogP contribution in [0.3, 0.4) is 0 Å². The van der Waals surface area contributed by atoms with E-state index in [0.717, 1.165) is 0 Å². The summed E-state index contributed by atoms with van der Waals surface area (Å²) in [5.74, 6) is 0.724. The molecule has 0 aromatic heterocycles. The van der Waals surface area contributed by atoms with Crippen LogP contribution in [0.1, 0.15) is 6.42 Å². The molecule has 0 saturated carbocycles. The number of thiocarbonyl (C=S) groups is 1. The molecule has 19 heavy (non-hydrogen) atoms. The zero-order chi connectivity index (χ0) is 13.8. The van der Waals surface area contributed by atoms with Crippen molar-refractivity contribution in [1.29, 1.82) is 0 Å². The first-order chi connectivity index (χ1) is 8.76. The molecule has 0 amide bonds. The molecule has 3 aliphatic rings. The van der Waals surface area contributed by atoms with Crippen molar-refractivity contribution in [2.45, 2.75) is 18.5 Å². The average Bonchev–Trinajstić information content (AvgIpc) is 2.82. The van der Waals surface area contributed by atoms with Gasteiger partial charge in [-0.3, -0.25) is 0 Å². The van der Waals surface area contributed by atoms with Crippen LogP contribution < -0.4 is 5.32 Å². The van der Waals surface area contributed by atoms with Crippen molar-refractivity contribution in [3.8, 4) is 0 Å². The van der Waals surface area contributed by atoms with Crippen molar-refractivity contribution in [2.24, 2.45) is 5.92 Å². The maximum Gasteiger partial charge on any atom is 0.169 e. The summed E-state index contributed by atoms with van der Waals surface area (Å²) in [6, 6.07) is -0.253. The van der Waals surface area contributed by atoms with E-state index in [4.69, 9.17) is 12.2 Å². The summed E-state index contributed by atoms with van der Waals surface area (Å²) in [6.45, 7) is 0.543. The van der Waals surface area contributed by atoms with E-state index in [1.54, 1.807) is 0 Å². The third kappa shape index (κ3) is 2.59. The van der Waals surface area contributed by atoms with Crippen molar-refractivity contribution in [3.63, 3.8) is 0 Å². The Hall–Kier alpha value is -0.410. The fourth-order valence-corrected chi connectivity index (χ4v) is 7.31. The first-order valence-corrected chi connectivity index (χ1v) is 10.3. The number of fused-ring (bicyclic) bond motifs is 1. The fourth-order valence-electron chi connectivity index (χ4n) is 3.18. The maximum absolute atomic E-state index is 11.6. The number of hydrogen-bond acceptors (Lipinski definition) is 5. The molecule has 3 fully saturated rings. The number of nitrogens with one attached hydrogen (secondary N) is 1. The second-order valence-corrected chi connectivity index (χ2v) is 10.4. The number of nitrogens with zero attached hydrogens (tertiary/aromatic N) is 1. The van der Waals surface area contributed by atoms with Gasteiger partial charge in [-0.1, -0.05) is 0 Å². The molecule has 0 aromatic rings. The third-order valence-electron chi connectivity index (χ3n) is 4.07. The molecule has 0 bridgehead atoms. The van der Waals surface area contributed by atoms with E-state index in [1.807, 2.05) is 4.90 Å². The predicted octanol–water partition coefficient (Wildman–Crippen LogP) is -1.22. The van der Waals surface area contributed by atoms with Crippen molar-refractivity contribution >= 4 is 37.0 Å². The van der Waals surface area contributed by atoms with E-state index < -0.39 is 19.7 Å². The van der Waals surface area contributed by atoms with E-state index in [9.17, 15) is 16.8 Å². The van der Waals surface area contributed by atoms with Gasteiger partial charge in [0, 0.05) is 6.54 Å². The predicted molar refractivity (Wildman–Crippen MR) is 75.4 cm³/mol. The average molecular weight is 324 g/mol. The summed E-state index contributed by atoms with van der Waals surface area (Å²) >= 11 is 5.23. The monoisotopic (exact) mass is 324 g/mol. The molecule has 108 valence electrons. The van der Waals surface area contributed by atoms with Crippen LogP contribution in [0.2, 0.25) is 0 Å². The molecule has 1 N–H and O–H groups in total. The molecule has 0 aliphatic carbocycles. The van der Waals surface area contributed by atoms with Gasteiger partial charge in [-0.05, 0) is 24.6 Å². The van der Waals surface area contributed by atoms with Crippen LogP contribution in [0, 0.1) is 5.92 Å². The Labute approximate surface area is 118 Å². The summed E-state index contributed by atoms with van der Waals surface area (Å²) in [7, 11) is -5.91. The molecule has 3 atom stereocenters. The standard InChI is InChI=1S/C10H16N2O4S3/c13-18(14)2-1-7(4-18)3-12-9-6-19(15,16)5-8(9)11-10(12)17/h7-9H,1-6H2,(H,11,17)/t7-,8+,9-/m0/s1. The smallest absolute Gasteiger partial charge is 0.169 e. The lowest BCUT2D eigenvalue weighted by atomic mass is 10.1. The van der Waals surface area contributed by atoms with Crippen LogP contribution in [-0.2, 0) is 19.7 Å². The third-order valence-corrected chi connectivity index (χ3v) is 7.98. The van der Waals surface area contributed by atoms with Crippen LogP contribution in [0.5, 0.6) is 0 Å². The topological polar surface area (TPSA) is 83.6 Å². The van der Waals surface area contributed by atoms with Crippen molar-refractivity contribution in [3.05, 3.63) is 0 Å². The summed E-state index contributed by atoms with van der Waals surface area (Å²) in [5, 5.41) is 3.61. The van der Waals surface area contributed by atoms with Gasteiger partial charge in [0.25, 0.3) is 0 Å². The van der Waals surface area contributed by atoms with Crippen LogP contribution in [-0.4, -0.2) is 68.5 Å². The van der Waals surface area contributed by atoms with Gasteiger partial charge in [-0.15, -0.1) is 0 Å². The Balaban J connectivity index is 1.73. The minimum absolute atomic E-state index is 0.0619. The van der Waals surface area contributed by atoms with Crippen molar-refractivity contribution in [2.75, 3.05) is 29.6 Å². The molecule has 0 spiro atoms. The first-order valence-electron chi connectivity index (χ1n) is 6.24. The normalized spacial score (nSPS) is 39.3. The molecule has 6 nitrogen and oxygen atoms in total. The molecule has 0 radical (unpaired) electrons. The van der Waals surface area contributed by atoms with E-state index >= 15 is 0 Å². The van der Waals surface area contributed by atoms with E-state index in [2.05, 4.69) is 5.32 Å². The van der Waals surface area contributed by atoms with Crippen molar-refractivity contribution < 1.29 is 16.8 Å². The lowest BCUT2D eigenvalue weighted by molar-refractivity contribution is 0.311. The molecule has 3 aliphatic heterocycles. The lowest BCUT2D eigenvalue weighted by Crippen LogP contribution is -2.40. The van der Waals surface area contributed by atoms with E-state index in [-0.39, 0.29) is 41.0 Å². The summed E-state index contributed by atoms with van der Waals surface area (Å²) in [4.78, 5) is 1.88.